The van der Waals surface area contributed by atoms with Gasteiger partial charge in [0.05, 0.1) is 43.2 Å². The van der Waals surface area contributed by atoms with Crippen molar-refractivity contribution in [2.24, 2.45) is 4.99 Å². The van der Waals surface area contributed by atoms with E-state index in [1.54, 1.807) is 45.2 Å². The molecule has 11 heteroatoms. The number of ether oxygens (including phenoxy) is 5. The summed E-state index contributed by atoms with van der Waals surface area (Å²) in [6, 6.07) is 17.4. The number of nitrogens with zero attached hydrogens (tertiary/aromatic N) is 2. The van der Waals surface area contributed by atoms with Gasteiger partial charge < -0.3 is 23.7 Å². The summed E-state index contributed by atoms with van der Waals surface area (Å²) in [7, 11) is 3.09. The molecular formula is C34H33ClN2O7S. The zero-order valence-corrected chi connectivity index (χ0v) is 27.2. The van der Waals surface area contributed by atoms with Crippen LogP contribution < -0.4 is 33.8 Å². The maximum Gasteiger partial charge on any atom is 0.338 e. The topological polar surface area (TPSA) is 97.6 Å². The third-order valence-electron chi connectivity index (χ3n) is 7.13. The normalized spacial score (nSPS) is 14.4. The minimum absolute atomic E-state index is 0.175. The Kier molecular flexibility index (Phi) is 9.95. The molecule has 1 aromatic heterocycles. The van der Waals surface area contributed by atoms with E-state index in [-0.39, 0.29) is 17.7 Å². The molecule has 0 aliphatic carbocycles. The van der Waals surface area contributed by atoms with Gasteiger partial charge in [-0.25, -0.2) is 9.79 Å². The Morgan fingerprint density at radius 2 is 1.73 bits per heavy atom. The molecule has 5 rings (SSSR count). The highest BCUT2D eigenvalue weighted by molar-refractivity contribution is 7.07. The van der Waals surface area contributed by atoms with E-state index in [0.29, 0.717) is 61.8 Å². The zero-order valence-electron chi connectivity index (χ0n) is 25.6. The van der Waals surface area contributed by atoms with Crippen molar-refractivity contribution in [3.05, 3.63) is 113 Å². The van der Waals surface area contributed by atoms with Gasteiger partial charge in [-0.05, 0) is 74.4 Å². The van der Waals surface area contributed by atoms with Crippen LogP contribution >= 0.6 is 22.9 Å². The molecule has 0 amide bonds. The van der Waals surface area contributed by atoms with Crippen LogP contribution in [0, 0.1) is 0 Å². The summed E-state index contributed by atoms with van der Waals surface area (Å²) >= 11 is 7.23. The number of methoxy groups -OCH3 is 2. The second-order valence-corrected chi connectivity index (χ2v) is 11.4. The van der Waals surface area contributed by atoms with Crippen molar-refractivity contribution in [2.45, 2.75) is 33.4 Å². The van der Waals surface area contributed by atoms with Gasteiger partial charge in [0.25, 0.3) is 5.56 Å². The van der Waals surface area contributed by atoms with Crippen LogP contribution in [0.25, 0.3) is 6.08 Å². The fourth-order valence-corrected chi connectivity index (χ4v) is 6.20. The van der Waals surface area contributed by atoms with Gasteiger partial charge in [0.2, 0.25) is 0 Å². The molecule has 2 heterocycles. The van der Waals surface area contributed by atoms with E-state index in [2.05, 4.69) is 4.99 Å². The summed E-state index contributed by atoms with van der Waals surface area (Å²) in [5.74, 6) is 1.61. The summed E-state index contributed by atoms with van der Waals surface area (Å²) in [5, 5.41) is 0.658. The molecule has 0 N–H and O–H groups in total. The van der Waals surface area contributed by atoms with Crippen molar-refractivity contribution >= 4 is 35.0 Å². The van der Waals surface area contributed by atoms with Gasteiger partial charge in [-0.1, -0.05) is 41.1 Å². The SMILES string of the molecule is CCOC(=O)C1=C(C)N=c2s/c(=C\c3ccc(OCc4ccc(Cl)cc4)c(OCC)c3)c(=O)n2[C@@H]1c1ccc(OC)cc1OC. The monoisotopic (exact) mass is 648 g/mol. The first-order chi connectivity index (χ1) is 21.8. The summed E-state index contributed by atoms with van der Waals surface area (Å²) in [6.45, 7) is 6.31. The van der Waals surface area contributed by atoms with Crippen LogP contribution in [0.3, 0.4) is 0 Å². The number of carbonyl (C=O) groups is 1. The van der Waals surface area contributed by atoms with E-state index in [9.17, 15) is 9.59 Å². The molecule has 1 aliphatic heterocycles. The third-order valence-corrected chi connectivity index (χ3v) is 8.36. The summed E-state index contributed by atoms with van der Waals surface area (Å²) in [5.41, 5.74) is 2.72. The van der Waals surface area contributed by atoms with Crippen molar-refractivity contribution in [2.75, 3.05) is 27.4 Å². The van der Waals surface area contributed by atoms with E-state index in [1.165, 1.54) is 23.0 Å². The first kappa shape index (κ1) is 31.9. The highest BCUT2D eigenvalue weighted by Crippen LogP contribution is 2.37. The van der Waals surface area contributed by atoms with Crippen LogP contribution in [0.5, 0.6) is 23.0 Å². The van der Waals surface area contributed by atoms with Gasteiger partial charge in [-0.3, -0.25) is 9.36 Å². The molecule has 45 heavy (non-hydrogen) atoms. The van der Waals surface area contributed by atoms with Crippen molar-refractivity contribution < 1.29 is 28.5 Å². The summed E-state index contributed by atoms with van der Waals surface area (Å²) < 4.78 is 30.4. The molecule has 0 unspecified atom stereocenters. The Bertz CT molecular complexity index is 1930. The number of halogens is 1. The lowest BCUT2D eigenvalue weighted by Gasteiger charge is -2.26. The van der Waals surface area contributed by atoms with Crippen molar-refractivity contribution in [1.82, 2.24) is 4.57 Å². The number of fused-ring (bicyclic) bond motifs is 1. The van der Waals surface area contributed by atoms with Crippen LogP contribution in [0.1, 0.15) is 43.5 Å². The van der Waals surface area contributed by atoms with Crippen molar-refractivity contribution in [1.29, 1.82) is 0 Å². The van der Waals surface area contributed by atoms with E-state index in [1.807, 2.05) is 49.4 Å². The number of thiazole rings is 1. The number of allylic oxidation sites excluding steroid dienone is 1. The number of hydrogen-bond acceptors (Lipinski definition) is 9. The van der Waals surface area contributed by atoms with Crippen molar-refractivity contribution in [3.63, 3.8) is 0 Å². The highest BCUT2D eigenvalue weighted by atomic mass is 35.5. The second kappa shape index (κ2) is 14.0. The van der Waals surface area contributed by atoms with Gasteiger partial charge in [-0.15, -0.1) is 0 Å². The Labute approximate surface area is 269 Å². The number of esters is 1. The Morgan fingerprint density at radius 1 is 0.956 bits per heavy atom. The van der Waals surface area contributed by atoms with E-state index in [4.69, 9.17) is 35.3 Å². The molecule has 9 nitrogen and oxygen atoms in total. The lowest BCUT2D eigenvalue weighted by molar-refractivity contribution is -0.139. The fourth-order valence-electron chi connectivity index (χ4n) is 5.03. The average Bonchev–Trinajstić information content (AvgIpc) is 3.34. The molecule has 0 radical (unpaired) electrons. The maximum absolute atomic E-state index is 14.1. The maximum atomic E-state index is 14.1. The summed E-state index contributed by atoms with van der Waals surface area (Å²) in [4.78, 5) is 32.5. The molecule has 0 bridgehead atoms. The molecule has 1 aliphatic rings. The molecule has 0 fully saturated rings. The molecule has 3 aromatic carbocycles. The molecule has 4 aromatic rings. The van der Waals surface area contributed by atoms with E-state index in [0.717, 1.165) is 11.1 Å². The van der Waals surface area contributed by atoms with E-state index < -0.39 is 12.0 Å². The van der Waals surface area contributed by atoms with Crippen LogP contribution in [-0.2, 0) is 16.1 Å². The smallest absolute Gasteiger partial charge is 0.338 e. The minimum Gasteiger partial charge on any atom is -0.497 e. The Morgan fingerprint density at radius 3 is 2.42 bits per heavy atom. The van der Waals surface area contributed by atoms with Gasteiger partial charge in [-0.2, -0.15) is 0 Å². The zero-order chi connectivity index (χ0) is 32.1. The predicted octanol–water partition coefficient (Wildman–Crippen LogP) is 5.45. The number of carbonyl (C=O) groups excluding carboxylic acids is 1. The Balaban J connectivity index is 1.58. The quantitative estimate of drug-likeness (QED) is 0.200. The van der Waals surface area contributed by atoms with Crippen molar-refractivity contribution in [3.8, 4) is 23.0 Å². The molecule has 234 valence electrons. The minimum atomic E-state index is -0.828. The predicted molar refractivity (Wildman–Crippen MR) is 173 cm³/mol. The number of rotatable bonds is 11. The lowest BCUT2D eigenvalue weighted by Crippen LogP contribution is -2.40. The first-order valence-electron chi connectivity index (χ1n) is 14.3. The molecule has 0 spiro atoms. The highest BCUT2D eigenvalue weighted by Gasteiger charge is 2.35. The van der Waals surface area contributed by atoms with Crippen LogP contribution in [-0.4, -0.2) is 38.0 Å². The standard InChI is InChI=1S/C34H33ClN2O7S/c1-6-42-28-16-22(10-15-26(28)44-19-21-8-11-23(35)12-9-21)17-29-32(38)37-31(25-14-13-24(40-4)18-27(25)41-5)30(33(39)43-7-2)20(3)36-34(37)45-29/h8-18,31H,6-7,19H2,1-5H3/b29-17-/t31-/m1/s1. The van der Waals surface area contributed by atoms with Gasteiger partial charge in [0.1, 0.15) is 24.1 Å². The van der Waals surface area contributed by atoms with Gasteiger partial charge >= 0.3 is 5.97 Å². The largest absolute Gasteiger partial charge is 0.497 e. The molecular weight excluding hydrogens is 616 g/mol. The van der Waals surface area contributed by atoms with Crippen LogP contribution in [0.15, 0.2) is 81.7 Å². The number of hydrogen-bond donors (Lipinski definition) is 0. The Hall–Kier alpha value is -4.54. The van der Waals surface area contributed by atoms with Gasteiger partial charge in [0, 0.05) is 16.7 Å². The number of benzene rings is 3. The lowest BCUT2D eigenvalue weighted by atomic mass is 9.95. The van der Waals surface area contributed by atoms with E-state index >= 15 is 0 Å². The average molecular weight is 649 g/mol. The van der Waals surface area contributed by atoms with Crippen LogP contribution in [0.4, 0.5) is 0 Å². The van der Waals surface area contributed by atoms with Crippen LogP contribution in [0.2, 0.25) is 5.02 Å². The number of aromatic nitrogens is 1. The molecule has 0 saturated heterocycles. The summed E-state index contributed by atoms with van der Waals surface area (Å²) in [6.07, 6.45) is 1.78. The fraction of sp³-hybridized carbons (Fsp3) is 0.265. The molecule has 1 atom stereocenters. The third kappa shape index (κ3) is 6.77. The second-order valence-electron chi connectivity index (χ2n) is 9.96. The first-order valence-corrected chi connectivity index (χ1v) is 15.5. The molecule has 0 saturated carbocycles. The van der Waals surface area contributed by atoms with Gasteiger partial charge in [0.15, 0.2) is 16.3 Å².